The summed E-state index contributed by atoms with van der Waals surface area (Å²) >= 11 is 0. The second-order valence-corrected chi connectivity index (χ2v) is 11.1. The molecular formula is C32H46BrNO5. The third-order valence-electron chi connectivity index (χ3n) is 7.58. The summed E-state index contributed by atoms with van der Waals surface area (Å²) in [6.45, 7) is 4.06. The maximum atomic E-state index is 13.6. The summed E-state index contributed by atoms with van der Waals surface area (Å²) in [5.41, 5.74) is 2.23. The fourth-order valence-electron chi connectivity index (χ4n) is 5.49. The second-order valence-electron chi connectivity index (χ2n) is 11.1. The van der Waals surface area contributed by atoms with Gasteiger partial charge in [-0.05, 0) is 31.0 Å². The summed E-state index contributed by atoms with van der Waals surface area (Å²) in [4.78, 5) is 27.2. The number of fused-ring (bicyclic) bond motifs is 2. The summed E-state index contributed by atoms with van der Waals surface area (Å²) in [7, 11) is 8.99. The van der Waals surface area contributed by atoms with Crippen molar-refractivity contribution in [3.05, 3.63) is 52.1 Å². The highest BCUT2D eigenvalue weighted by Gasteiger charge is 2.36. The van der Waals surface area contributed by atoms with E-state index in [1.165, 1.54) is 78.4 Å². The fourth-order valence-corrected chi connectivity index (χ4v) is 5.49. The largest absolute Gasteiger partial charge is 1.00 e. The monoisotopic (exact) mass is 603 g/mol. The van der Waals surface area contributed by atoms with E-state index in [1.807, 2.05) is 12.1 Å². The molecule has 0 radical (unpaired) electrons. The number of quaternary nitrogens is 1. The summed E-state index contributed by atoms with van der Waals surface area (Å²) in [6, 6.07) is 7.02. The van der Waals surface area contributed by atoms with Crippen molar-refractivity contribution in [3.63, 3.8) is 0 Å². The Morgan fingerprint density at radius 1 is 0.641 bits per heavy atom. The van der Waals surface area contributed by atoms with Gasteiger partial charge in [0.15, 0.2) is 5.78 Å². The zero-order chi connectivity index (χ0) is 27.7. The molecule has 39 heavy (non-hydrogen) atoms. The zero-order valence-electron chi connectivity index (χ0n) is 24.7. The van der Waals surface area contributed by atoms with Gasteiger partial charge in [-0.1, -0.05) is 58.3 Å². The van der Waals surface area contributed by atoms with Gasteiger partial charge in [-0.25, -0.2) is 0 Å². The van der Waals surface area contributed by atoms with Crippen molar-refractivity contribution in [1.29, 1.82) is 0 Å². The van der Waals surface area contributed by atoms with Crippen molar-refractivity contribution in [3.8, 4) is 17.2 Å². The van der Waals surface area contributed by atoms with Gasteiger partial charge < -0.3 is 35.7 Å². The first kappa shape index (κ1) is 32.8. The van der Waals surface area contributed by atoms with Gasteiger partial charge in [-0.15, -0.1) is 0 Å². The molecule has 1 aliphatic carbocycles. The normalized spacial score (nSPS) is 12.5. The van der Waals surface area contributed by atoms with E-state index in [2.05, 4.69) is 21.0 Å². The molecule has 216 valence electrons. The van der Waals surface area contributed by atoms with Crippen LogP contribution in [0.5, 0.6) is 17.2 Å². The molecule has 0 atom stereocenters. The van der Waals surface area contributed by atoms with Gasteiger partial charge in [0.1, 0.15) is 23.8 Å². The molecular weight excluding hydrogens is 558 g/mol. The number of benzene rings is 2. The van der Waals surface area contributed by atoms with Crippen molar-refractivity contribution in [1.82, 2.24) is 0 Å². The van der Waals surface area contributed by atoms with Gasteiger partial charge in [0, 0.05) is 22.8 Å². The number of unbranched alkanes of at least 4 members (excludes halogenated alkanes) is 9. The predicted octanol–water partition coefficient (Wildman–Crippen LogP) is 3.99. The van der Waals surface area contributed by atoms with Crippen LogP contribution in [0.4, 0.5) is 0 Å². The molecule has 0 bridgehead atoms. The lowest BCUT2D eigenvalue weighted by Crippen LogP contribution is -3.00. The first-order valence-electron chi connectivity index (χ1n) is 14.1. The SMILES string of the molecule is CCCCCCCCCCCC[N+](C)(C)Cc1cc(OC)c2c(c1)C(=O)c1cc(OC)cc(OC)c1C2=O.[Br-]. The van der Waals surface area contributed by atoms with Crippen LogP contribution in [0.15, 0.2) is 24.3 Å². The number of ketones is 2. The molecule has 1 aliphatic rings. The third-order valence-corrected chi connectivity index (χ3v) is 7.58. The molecule has 7 heteroatoms. The Kier molecular flexibility index (Phi) is 13.0. The van der Waals surface area contributed by atoms with E-state index < -0.39 is 0 Å². The number of hydrogen-bond acceptors (Lipinski definition) is 5. The van der Waals surface area contributed by atoms with E-state index in [9.17, 15) is 9.59 Å². The van der Waals surface area contributed by atoms with Crippen molar-refractivity contribution in [2.75, 3.05) is 42.0 Å². The number of nitrogens with zero attached hydrogens (tertiary/aromatic N) is 1. The average molecular weight is 605 g/mol. The number of hydrogen-bond donors (Lipinski definition) is 0. The Bertz CT molecular complexity index is 1130. The Labute approximate surface area is 245 Å². The number of carbonyl (C=O) groups is 2. The molecule has 0 heterocycles. The Balaban J connectivity index is 0.00000533. The minimum atomic E-state index is -0.267. The fraction of sp³-hybridized carbons (Fsp3) is 0.562. The van der Waals surface area contributed by atoms with Crippen LogP contribution in [0.3, 0.4) is 0 Å². The number of ether oxygens (including phenoxy) is 3. The minimum Gasteiger partial charge on any atom is -1.00 e. The highest BCUT2D eigenvalue weighted by Crippen LogP contribution is 2.40. The van der Waals surface area contributed by atoms with Gasteiger partial charge in [0.25, 0.3) is 0 Å². The lowest BCUT2D eigenvalue weighted by atomic mass is 9.82. The van der Waals surface area contributed by atoms with E-state index in [-0.39, 0.29) is 34.1 Å². The molecule has 0 aromatic heterocycles. The van der Waals surface area contributed by atoms with Crippen LogP contribution in [-0.4, -0.2) is 58.0 Å². The van der Waals surface area contributed by atoms with E-state index >= 15 is 0 Å². The van der Waals surface area contributed by atoms with E-state index in [0.717, 1.165) is 23.1 Å². The van der Waals surface area contributed by atoms with Crippen LogP contribution in [-0.2, 0) is 6.54 Å². The molecule has 0 N–H and O–H groups in total. The zero-order valence-corrected chi connectivity index (χ0v) is 26.2. The van der Waals surface area contributed by atoms with Gasteiger partial charge >= 0.3 is 0 Å². The van der Waals surface area contributed by atoms with Crippen molar-refractivity contribution in [2.45, 2.75) is 77.7 Å². The number of rotatable bonds is 16. The van der Waals surface area contributed by atoms with Gasteiger partial charge in [-0.3, -0.25) is 9.59 Å². The number of methoxy groups -OCH3 is 3. The van der Waals surface area contributed by atoms with Crippen molar-refractivity contribution >= 4 is 11.6 Å². The summed E-state index contributed by atoms with van der Waals surface area (Å²) in [6.07, 6.45) is 13.2. The quantitative estimate of drug-likeness (QED) is 0.183. The predicted molar refractivity (Wildman–Crippen MR) is 152 cm³/mol. The standard InChI is InChI=1S/C32H46NO5.BrH/c1-7-8-9-10-11-12-13-14-15-16-17-33(2,3)22-23-18-25-29(27(19-23)37-5)32(35)30-26(31(25)34)20-24(36-4)21-28(30)38-6;/h18-21H,7-17,22H2,1-6H3;1H/q+1;/p-1. The first-order valence-corrected chi connectivity index (χ1v) is 14.1. The lowest BCUT2D eigenvalue weighted by Gasteiger charge is -2.31. The Morgan fingerprint density at radius 3 is 1.69 bits per heavy atom. The van der Waals surface area contributed by atoms with Crippen molar-refractivity contribution in [2.24, 2.45) is 0 Å². The smallest absolute Gasteiger partial charge is 0.201 e. The number of carbonyl (C=O) groups excluding carboxylic acids is 2. The van der Waals surface area contributed by atoms with Crippen LogP contribution in [0.1, 0.15) is 109 Å². The molecule has 6 nitrogen and oxygen atoms in total. The lowest BCUT2D eigenvalue weighted by molar-refractivity contribution is -0.903. The van der Waals surface area contributed by atoms with Crippen LogP contribution in [0.2, 0.25) is 0 Å². The molecule has 0 saturated heterocycles. The first-order chi connectivity index (χ1) is 18.3. The molecule has 0 fully saturated rings. The molecule has 0 saturated carbocycles. The van der Waals surface area contributed by atoms with Crippen molar-refractivity contribution < 1.29 is 45.3 Å². The summed E-state index contributed by atoms with van der Waals surface area (Å²) in [5, 5.41) is 0. The minimum absolute atomic E-state index is 0. The van der Waals surface area contributed by atoms with E-state index in [4.69, 9.17) is 14.2 Å². The average Bonchev–Trinajstić information content (AvgIpc) is 2.91. The van der Waals surface area contributed by atoms with Gasteiger partial charge in [0.05, 0.1) is 53.1 Å². The van der Waals surface area contributed by atoms with Crippen LogP contribution in [0, 0.1) is 0 Å². The number of halogens is 1. The molecule has 0 amide bonds. The van der Waals surface area contributed by atoms with E-state index in [0.29, 0.717) is 33.9 Å². The molecule has 3 rings (SSSR count). The molecule has 0 spiro atoms. The van der Waals surface area contributed by atoms with Crippen LogP contribution >= 0.6 is 0 Å². The second kappa shape index (κ2) is 15.4. The maximum absolute atomic E-state index is 13.6. The molecule has 0 unspecified atom stereocenters. The third kappa shape index (κ3) is 8.31. The summed E-state index contributed by atoms with van der Waals surface area (Å²) in [5.74, 6) is 0.744. The van der Waals surface area contributed by atoms with E-state index in [1.54, 1.807) is 19.2 Å². The maximum Gasteiger partial charge on any atom is 0.201 e. The Hall–Kier alpha value is -2.38. The highest BCUT2D eigenvalue weighted by molar-refractivity contribution is 6.30. The molecule has 0 aliphatic heterocycles. The van der Waals surface area contributed by atoms with Crippen LogP contribution < -0.4 is 31.2 Å². The molecule has 2 aromatic carbocycles. The van der Waals surface area contributed by atoms with Gasteiger partial charge in [-0.2, -0.15) is 0 Å². The highest BCUT2D eigenvalue weighted by atomic mass is 79.9. The summed E-state index contributed by atoms with van der Waals surface area (Å²) < 4.78 is 17.2. The van der Waals surface area contributed by atoms with Crippen LogP contribution in [0.25, 0.3) is 0 Å². The topological polar surface area (TPSA) is 61.8 Å². The van der Waals surface area contributed by atoms with Gasteiger partial charge in [0.2, 0.25) is 5.78 Å². The Morgan fingerprint density at radius 2 is 1.15 bits per heavy atom. The molecule has 2 aromatic rings.